The van der Waals surface area contributed by atoms with Crippen LogP contribution in [0.5, 0.6) is 0 Å². The first-order valence-corrected chi connectivity index (χ1v) is 16.4. The first kappa shape index (κ1) is 32.9. The molecule has 3 aliphatic heterocycles. The molecule has 0 radical (unpaired) electrons. The molecule has 45 heavy (non-hydrogen) atoms. The fraction of sp³-hybridized carbons (Fsp3) is 0.541. The van der Waals surface area contributed by atoms with Crippen LogP contribution in [0, 0.1) is 23.7 Å². The zero-order chi connectivity index (χ0) is 32.7. The summed E-state index contributed by atoms with van der Waals surface area (Å²) in [6.45, 7) is 18.7. The highest BCUT2D eigenvalue weighted by atomic mass is 16.5. The summed E-state index contributed by atoms with van der Waals surface area (Å²) in [5.41, 5.74) is -1.45. The highest BCUT2D eigenvalue weighted by Crippen LogP contribution is 2.66. The minimum absolute atomic E-state index is 0.0795. The number of likely N-dealkylation sites (tertiary alicyclic amines) is 1. The number of ether oxygens (including phenoxy) is 1. The summed E-state index contributed by atoms with van der Waals surface area (Å²) in [5.74, 6) is -2.23. The lowest BCUT2D eigenvalue weighted by atomic mass is 9.62. The summed E-state index contributed by atoms with van der Waals surface area (Å²) in [6, 6.07) is 12.2. The molecule has 0 aromatic heterocycles. The molecule has 0 saturated carbocycles. The highest BCUT2D eigenvalue weighted by molar-refractivity contribution is 6.06. The number of anilines is 1. The maximum atomic E-state index is 15.1. The normalized spacial score (nSPS) is 29.2. The van der Waals surface area contributed by atoms with Crippen molar-refractivity contribution < 1.29 is 24.2 Å². The minimum atomic E-state index is -1.21. The van der Waals surface area contributed by atoms with Gasteiger partial charge in [-0.2, -0.15) is 0 Å². The van der Waals surface area contributed by atoms with Gasteiger partial charge in [0.25, 0.3) is 5.91 Å². The number of carbonyl (C=O) groups excluding carboxylic acids is 3. The third-order valence-electron chi connectivity index (χ3n) is 10.4. The van der Waals surface area contributed by atoms with Gasteiger partial charge in [0.1, 0.15) is 11.6 Å². The average molecular weight is 616 g/mol. The third kappa shape index (κ3) is 5.30. The van der Waals surface area contributed by atoms with Crippen LogP contribution in [0.4, 0.5) is 5.69 Å². The van der Waals surface area contributed by atoms with Crippen LogP contribution in [-0.4, -0.2) is 82.2 Å². The van der Waals surface area contributed by atoms with E-state index in [0.717, 1.165) is 17.2 Å². The fourth-order valence-electron chi connectivity index (χ4n) is 8.40. The number of rotatable bonds is 13. The van der Waals surface area contributed by atoms with E-state index in [1.807, 2.05) is 70.2 Å². The number of hydrogen-bond acceptors (Lipinski definition) is 5. The van der Waals surface area contributed by atoms with Gasteiger partial charge in [-0.15, -0.1) is 13.2 Å². The van der Waals surface area contributed by atoms with Crippen LogP contribution in [0.15, 0.2) is 67.8 Å². The van der Waals surface area contributed by atoms with Gasteiger partial charge in [-0.1, -0.05) is 70.2 Å². The maximum absolute atomic E-state index is 15.1. The van der Waals surface area contributed by atoms with E-state index in [1.54, 1.807) is 26.9 Å². The van der Waals surface area contributed by atoms with Gasteiger partial charge in [0.05, 0.1) is 30.1 Å². The highest BCUT2D eigenvalue weighted by Gasteiger charge is 2.80. The Morgan fingerprint density at radius 1 is 1.11 bits per heavy atom. The Kier molecular flexibility index (Phi) is 9.30. The molecule has 0 aliphatic carbocycles. The zero-order valence-electron chi connectivity index (χ0n) is 27.4. The smallest absolute Gasteiger partial charge is 0.253 e. The predicted molar refractivity (Wildman–Crippen MR) is 178 cm³/mol. The predicted octanol–water partition coefficient (Wildman–Crippen LogP) is 5.20. The monoisotopic (exact) mass is 615 g/mol. The van der Waals surface area contributed by atoms with E-state index in [1.165, 1.54) is 0 Å². The second kappa shape index (κ2) is 12.7. The Hall–Kier alpha value is -3.49. The van der Waals surface area contributed by atoms with Gasteiger partial charge in [0, 0.05) is 25.3 Å². The molecule has 3 heterocycles. The van der Waals surface area contributed by atoms with Gasteiger partial charge >= 0.3 is 0 Å². The molecule has 3 unspecified atom stereocenters. The summed E-state index contributed by atoms with van der Waals surface area (Å²) in [6.07, 6.45) is 5.13. The molecule has 2 aromatic carbocycles. The number of fused-ring (bicyclic) bond motifs is 2. The molecule has 2 bridgehead atoms. The van der Waals surface area contributed by atoms with Gasteiger partial charge in [-0.3, -0.25) is 14.4 Å². The lowest BCUT2D eigenvalue weighted by Gasteiger charge is -2.40. The van der Waals surface area contributed by atoms with Gasteiger partial charge < -0.3 is 24.5 Å². The van der Waals surface area contributed by atoms with Crippen molar-refractivity contribution in [3.05, 3.63) is 67.8 Å². The second-order valence-corrected chi connectivity index (χ2v) is 13.8. The van der Waals surface area contributed by atoms with Crippen LogP contribution in [-0.2, 0) is 19.1 Å². The van der Waals surface area contributed by atoms with Crippen LogP contribution < -0.4 is 4.90 Å². The summed E-state index contributed by atoms with van der Waals surface area (Å²) < 4.78 is 7.00. The Balaban J connectivity index is 1.66. The van der Waals surface area contributed by atoms with E-state index in [2.05, 4.69) is 20.1 Å². The molecule has 3 saturated heterocycles. The Bertz CT molecular complexity index is 1470. The van der Waals surface area contributed by atoms with Crippen LogP contribution >= 0.6 is 0 Å². The SMILES string of the molecule is C=CCN(CCC)C(=O)[C@H]1[C@H]2C(=O)N([C@@H](CO)CC(C)C)C(C(=O)N(CC=C)c3ccc4ccccc4c3)C23CC(C)[C@]1(C)O3. The number of benzene rings is 2. The Morgan fingerprint density at radius 3 is 2.42 bits per heavy atom. The molecule has 3 aliphatic rings. The Labute approximate surface area is 267 Å². The number of carbonyl (C=O) groups is 3. The van der Waals surface area contributed by atoms with Crippen LogP contribution in [0.2, 0.25) is 0 Å². The second-order valence-electron chi connectivity index (χ2n) is 13.8. The summed E-state index contributed by atoms with van der Waals surface area (Å²) in [4.78, 5) is 49.3. The minimum Gasteiger partial charge on any atom is -0.394 e. The van der Waals surface area contributed by atoms with E-state index in [4.69, 9.17) is 4.74 Å². The van der Waals surface area contributed by atoms with Gasteiger partial charge in [0.2, 0.25) is 11.8 Å². The van der Waals surface area contributed by atoms with Gasteiger partial charge in [0.15, 0.2) is 0 Å². The Morgan fingerprint density at radius 2 is 1.80 bits per heavy atom. The van der Waals surface area contributed by atoms with E-state index >= 15 is 4.79 Å². The van der Waals surface area contributed by atoms with E-state index in [9.17, 15) is 14.7 Å². The van der Waals surface area contributed by atoms with Crippen molar-refractivity contribution >= 4 is 34.2 Å². The summed E-state index contributed by atoms with van der Waals surface area (Å²) in [5, 5.41) is 12.7. The van der Waals surface area contributed by atoms with E-state index in [0.29, 0.717) is 31.6 Å². The van der Waals surface area contributed by atoms with Crippen molar-refractivity contribution in [1.82, 2.24) is 9.80 Å². The average Bonchev–Trinajstić information content (AvgIpc) is 3.53. The van der Waals surface area contributed by atoms with Crippen LogP contribution in [0.25, 0.3) is 10.8 Å². The number of aliphatic hydroxyl groups excluding tert-OH is 1. The first-order valence-electron chi connectivity index (χ1n) is 16.4. The van der Waals surface area contributed by atoms with Crippen LogP contribution in [0.3, 0.4) is 0 Å². The summed E-state index contributed by atoms with van der Waals surface area (Å²) >= 11 is 0. The molecule has 5 rings (SSSR count). The number of hydrogen-bond donors (Lipinski definition) is 1. The first-order chi connectivity index (χ1) is 21.5. The lowest BCUT2D eigenvalue weighted by Crippen LogP contribution is -2.59. The molecule has 1 spiro atoms. The summed E-state index contributed by atoms with van der Waals surface area (Å²) in [7, 11) is 0. The van der Waals surface area contributed by atoms with Crippen molar-refractivity contribution in [2.45, 2.75) is 77.2 Å². The maximum Gasteiger partial charge on any atom is 0.253 e. The standard InChI is InChI=1S/C37H49N3O5/c1-8-17-38(18-9-2)33(42)30-31-34(43)40(29(23-41)20-24(4)5)32(37(31)22-25(6)36(30,7)45-37)35(44)39(19-10-3)28-16-15-26-13-11-12-14-27(26)21-28/h8,10-16,21,24-25,29-32,41H,1,3,9,17-20,22-23H2,2,4-7H3/t25?,29-,30-,31+,32?,36+,37?/m1/s1. The van der Waals surface area contributed by atoms with Crippen molar-refractivity contribution in [2.24, 2.45) is 23.7 Å². The molecule has 3 amide bonds. The molecule has 1 N–H and O–H groups in total. The molecule has 8 nitrogen and oxygen atoms in total. The molecule has 242 valence electrons. The zero-order valence-corrected chi connectivity index (χ0v) is 27.4. The number of amides is 3. The number of aliphatic hydroxyl groups is 1. The van der Waals surface area contributed by atoms with E-state index < -0.39 is 35.1 Å². The van der Waals surface area contributed by atoms with Crippen LogP contribution in [0.1, 0.15) is 53.9 Å². The van der Waals surface area contributed by atoms with Crippen molar-refractivity contribution in [3.8, 4) is 0 Å². The fourth-order valence-corrected chi connectivity index (χ4v) is 8.40. The van der Waals surface area contributed by atoms with Crippen molar-refractivity contribution in [2.75, 3.05) is 31.1 Å². The molecule has 8 heteroatoms. The molecule has 2 aromatic rings. The topological polar surface area (TPSA) is 90.4 Å². The molecular weight excluding hydrogens is 566 g/mol. The van der Waals surface area contributed by atoms with Gasteiger partial charge in [-0.25, -0.2) is 0 Å². The quantitative estimate of drug-likeness (QED) is 0.313. The van der Waals surface area contributed by atoms with Crippen molar-refractivity contribution in [3.63, 3.8) is 0 Å². The van der Waals surface area contributed by atoms with Gasteiger partial charge in [-0.05, 0) is 60.9 Å². The molecule has 3 fully saturated rings. The lowest BCUT2D eigenvalue weighted by molar-refractivity contribution is -0.154. The van der Waals surface area contributed by atoms with Crippen molar-refractivity contribution in [1.29, 1.82) is 0 Å². The third-order valence-corrected chi connectivity index (χ3v) is 10.4. The molecular formula is C37H49N3O5. The largest absolute Gasteiger partial charge is 0.394 e. The van der Waals surface area contributed by atoms with E-state index in [-0.39, 0.29) is 42.7 Å². The molecule has 7 atom stereocenters. The number of nitrogens with zero attached hydrogens (tertiary/aromatic N) is 3.